The van der Waals surface area contributed by atoms with E-state index in [0.717, 1.165) is 11.3 Å². The summed E-state index contributed by atoms with van der Waals surface area (Å²) in [5, 5.41) is 0. The van der Waals surface area contributed by atoms with E-state index in [0.29, 0.717) is 5.56 Å². The minimum absolute atomic E-state index is 0.0404. The molecule has 0 aliphatic heterocycles. The number of ketones is 1. The summed E-state index contributed by atoms with van der Waals surface area (Å²) in [6.45, 7) is 0. The number of carbonyl (C=O) groups excluding carboxylic acids is 1. The molecule has 1 aromatic carbocycles. The fourth-order valence-electron chi connectivity index (χ4n) is 1.69. The van der Waals surface area contributed by atoms with E-state index < -0.39 is 0 Å². The smallest absolute Gasteiger partial charge is 0.219 e. The minimum Gasteiger partial charge on any atom is -0.378 e. The number of nitrogens with zero attached hydrogens (tertiary/aromatic N) is 3. The standard InChI is InChI=1S/C14H16N4O/c1-18(2)12-5-3-11(4-6-12)13(19)7-10-8-16-14(15)17-9-10/h3-6,8-9H,7H2,1-2H3,(H2,15,16,17). The molecule has 0 unspecified atom stereocenters. The van der Waals surface area contributed by atoms with Crippen LogP contribution in [0.15, 0.2) is 36.7 Å². The van der Waals surface area contributed by atoms with Crippen molar-refractivity contribution in [3.05, 3.63) is 47.8 Å². The number of Topliss-reactive ketones (excluding diaryl/α,β-unsaturated/α-hetero) is 1. The molecule has 5 nitrogen and oxygen atoms in total. The van der Waals surface area contributed by atoms with Crippen molar-refractivity contribution in [2.45, 2.75) is 6.42 Å². The van der Waals surface area contributed by atoms with Gasteiger partial charge in [-0.15, -0.1) is 0 Å². The summed E-state index contributed by atoms with van der Waals surface area (Å²) in [6, 6.07) is 7.51. The van der Waals surface area contributed by atoms with E-state index in [4.69, 9.17) is 5.73 Å². The SMILES string of the molecule is CN(C)c1ccc(C(=O)Cc2cnc(N)nc2)cc1. The Balaban J connectivity index is 2.09. The first-order chi connectivity index (χ1) is 9.06. The van der Waals surface area contributed by atoms with Crippen LogP contribution in [0.5, 0.6) is 0 Å². The van der Waals surface area contributed by atoms with Crippen LogP contribution < -0.4 is 10.6 Å². The summed E-state index contributed by atoms with van der Waals surface area (Å²) < 4.78 is 0. The highest BCUT2D eigenvalue weighted by Crippen LogP contribution is 2.14. The normalized spacial score (nSPS) is 10.2. The first-order valence-electron chi connectivity index (χ1n) is 5.93. The zero-order valence-corrected chi connectivity index (χ0v) is 11.0. The zero-order valence-electron chi connectivity index (χ0n) is 11.0. The quantitative estimate of drug-likeness (QED) is 0.840. The molecule has 98 valence electrons. The van der Waals surface area contributed by atoms with Crippen LogP contribution in [0.4, 0.5) is 11.6 Å². The monoisotopic (exact) mass is 256 g/mol. The molecule has 2 aromatic rings. The second-order valence-corrected chi connectivity index (χ2v) is 4.49. The molecular formula is C14H16N4O. The van der Waals surface area contributed by atoms with Crippen LogP contribution in [-0.2, 0) is 6.42 Å². The van der Waals surface area contributed by atoms with Crippen molar-refractivity contribution in [3.8, 4) is 0 Å². The maximum atomic E-state index is 12.1. The zero-order chi connectivity index (χ0) is 13.8. The highest BCUT2D eigenvalue weighted by molar-refractivity contribution is 5.97. The van der Waals surface area contributed by atoms with Gasteiger partial charge < -0.3 is 10.6 Å². The number of carbonyl (C=O) groups is 1. The van der Waals surface area contributed by atoms with Gasteiger partial charge in [-0.1, -0.05) is 0 Å². The molecule has 0 bridgehead atoms. The third-order valence-corrected chi connectivity index (χ3v) is 2.80. The molecule has 1 aromatic heterocycles. The highest BCUT2D eigenvalue weighted by Gasteiger charge is 2.08. The third-order valence-electron chi connectivity index (χ3n) is 2.80. The maximum Gasteiger partial charge on any atom is 0.219 e. The summed E-state index contributed by atoms with van der Waals surface area (Å²) >= 11 is 0. The van der Waals surface area contributed by atoms with Gasteiger partial charge in [-0.05, 0) is 29.8 Å². The summed E-state index contributed by atoms with van der Waals surface area (Å²) in [4.78, 5) is 21.8. The van der Waals surface area contributed by atoms with E-state index in [2.05, 4.69) is 9.97 Å². The second kappa shape index (κ2) is 5.48. The fraction of sp³-hybridized carbons (Fsp3) is 0.214. The van der Waals surface area contributed by atoms with E-state index >= 15 is 0 Å². The number of nitrogens with two attached hydrogens (primary N) is 1. The maximum absolute atomic E-state index is 12.1. The fourth-order valence-corrected chi connectivity index (χ4v) is 1.69. The van der Waals surface area contributed by atoms with Crippen LogP contribution in [-0.4, -0.2) is 29.8 Å². The van der Waals surface area contributed by atoms with Gasteiger partial charge in [0.1, 0.15) is 0 Å². The predicted octanol–water partition coefficient (Wildman–Crippen LogP) is 1.55. The molecule has 0 saturated carbocycles. The van der Waals surface area contributed by atoms with Crippen molar-refractivity contribution in [1.29, 1.82) is 0 Å². The number of hydrogen-bond donors (Lipinski definition) is 1. The molecule has 0 atom stereocenters. The molecule has 19 heavy (non-hydrogen) atoms. The van der Waals surface area contributed by atoms with Crippen molar-refractivity contribution in [3.63, 3.8) is 0 Å². The largest absolute Gasteiger partial charge is 0.378 e. The lowest BCUT2D eigenvalue weighted by atomic mass is 10.0. The molecular weight excluding hydrogens is 240 g/mol. The number of benzene rings is 1. The lowest BCUT2D eigenvalue weighted by Crippen LogP contribution is -2.09. The Morgan fingerprint density at radius 1 is 1.16 bits per heavy atom. The molecule has 0 aliphatic rings. The Hall–Kier alpha value is -2.43. The van der Waals surface area contributed by atoms with Gasteiger partial charge in [-0.2, -0.15) is 0 Å². The first-order valence-corrected chi connectivity index (χ1v) is 5.93. The molecule has 0 saturated heterocycles. The van der Waals surface area contributed by atoms with E-state index in [1.165, 1.54) is 0 Å². The third kappa shape index (κ3) is 3.28. The van der Waals surface area contributed by atoms with Gasteiger partial charge in [0, 0.05) is 44.2 Å². The molecule has 0 fully saturated rings. The molecule has 2 N–H and O–H groups in total. The molecule has 0 radical (unpaired) electrons. The lowest BCUT2D eigenvalue weighted by molar-refractivity contribution is 0.0993. The Labute approximate surface area is 112 Å². The van der Waals surface area contributed by atoms with Crippen LogP contribution in [0.3, 0.4) is 0 Å². The van der Waals surface area contributed by atoms with Crippen LogP contribution in [0.25, 0.3) is 0 Å². The number of hydrogen-bond acceptors (Lipinski definition) is 5. The van der Waals surface area contributed by atoms with Gasteiger partial charge in [0.2, 0.25) is 5.95 Å². The number of nitrogen functional groups attached to an aromatic ring is 1. The summed E-state index contributed by atoms with van der Waals surface area (Å²) in [5.74, 6) is 0.255. The van der Waals surface area contributed by atoms with Crippen molar-refractivity contribution >= 4 is 17.4 Å². The Bertz CT molecular complexity index is 561. The van der Waals surface area contributed by atoms with Crippen molar-refractivity contribution < 1.29 is 4.79 Å². The van der Waals surface area contributed by atoms with E-state index in [-0.39, 0.29) is 18.2 Å². The van der Waals surface area contributed by atoms with Gasteiger partial charge in [-0.3, -0.25) is 4.79 Å². The number of aromatic nitrogens is 2. The van der Waals surface area contributed by atoms with Gasteiger partial charge >= 0.3 is 0 Å². The topological polar surface area (TPSA) is 72.1 Å². The summed E-state index contributed by atoms with van der Waals surface area (Å²) in [7, 11) is 3.92. The Kier molecular flexibility index (Phi) is 3.75. The average Bonchev–Trinajstić information content (AvgIpc) is 2.41. The molecule has 0 amide bonds. The van der Waals surface area contributed by atoms with Crippen molar-refractivity contribution in [2.24, 2.45) is 0 Å². The van der Waals surface area contributed by atoms with E-state index in [1.54, 1.807) is 12.4 Å². The van der Waals surface area contributed by atoms with Gasteiger partial charge in [0.25, 0.3) is 0 Å². The first kappa shape index (κ1) is 13.0. The Morgan fingerprint density at radius 3 is 2.26 bits per heavy atom. The van der Waals surface area contributed by atoms with Crippen LogP contribution >= 0.6 is 0 Å². The molecule has 2 rings (SSSR count). The van der Waals surface area contributed by atoms with Gasteiger partial charge in [0.15, 0.2) is 5.78 Å². The lowest BCUT2D eigenvalue weighted by Gasteiger charge is -2.12. The number of anilines is 2. The average molecular weight is 256 g/mol. The van der Waals surface area contributed by atoms with Gasteiger partial charge in [-0.25, -0.2) is 9.97 Å². The summed E-state index contributed by atoms with van der Waals surface area (Å²) in [6.07, 6.45) is 3.43. The molecule has 0 aliphatic carbocycles. The Morgan fingerprint density at radius 2 is 1.74 bits per heavy atom. The predicted molar refractivity (Wildman–Crippen MR) is 75.2 cm³/mol. The van der Waals surface area contributed by atoms with Gasteiger partial charge in [0.05, 0.1) is 0 Å². The van der Waals surface area contributed by atoms with Crippen LogP contribution in [0.1, 0.15) is 15.9 Å². The highest BCUT2D eigenvalue weighted by atomic mass is 16.1. The number of rotatable bonds is 4. The van der Waals surface area contributed by atoms with Crippen molar-refractivity contribution in [2.75, 3.05) is 24.7 Å². The molecule has 1 heterocycles. The second-order valence-electron chi connectivity index (χ2n) is 4.49. The minimum atomic E-state index is 0.0404. The van der Waals surface area contributed by atoms with Crippen LogP contribution in [0, 0.1) is 0 Å². The molecule has 5 heteroatoms. The molecule has 0 spiro atoms. The van der Waals surface area contributed by atoms with E-state index in [9.17, 15) is 4.79 Å². The van der Waals surface area contributed by atoms with Crippen LogP contribution in [0.2, 0.25) is 0 Å². The summed E-state index contributed by atoms with van der Waals surface area (Å²) in [5.41, 5.74) is 7.91. The van der Waals surface area contributed by atoms with E-state index in [1.807, 2.05) is 43.3 Å². The van der Waals surface area contributed by atoms with Crippen molar-refractivity contribution in [1.82, 2.24) is 9.97 Å².